The third-order valence-corrected chi connectivity index (χ3v) is 4.52. The number of hydrogen-bond acceptors (Lipinski definition) is 5. The van der Waals surface area contributed by atoms with Crippen molar-refractivity contribution >= 4 is 29.2 Å². The Morgan fingerprint density at radius 2 is 2.16 bits per heavy atom. The third-order valence-electron chi connectivity index (χ3n) is 3.48. The molecule has 0 aliphatic carbocycles. The number of carbonyl (C=O) groups is 1. The SMILES string of the molecule is CN1C(=O)CCSc2cc(N3CCOCC3)ncc21. The highest BCUT2D eigenvalue weighted by Crippen LogP contribution is 2.35. The molecule has 0 aromatic carbocycles. The smallest absolute Gasteiger partial charge is 0.227 e. The summed E-state index contributed by atoms with van der Waals surface area (Å²) in [7, 11) is 1.82. The lowest BCUT2D eigenvalue weighted by Crippen LogP contribution is -2.36. The molecule has 3 heterocycles. The third kappa shape index (κ3) is 2.55. The van der Waals surface area contributed by atoms with Crippen molar-refractivity contribution < 1.29 is 9.53 Å². The van der Waals surface area contributed by atoms with Gasteiger partial charge in [-0.2, -0.15) is 0 Å². The van der Waals surface area contributed by atoms with Gasteiger partial charge in [-0.1, -0.05) is 0 Å². The van der Waals surface area contributed by atoms with Gasteiger partial charge in [-0.3, -0.25) is 4.79 Å². The summed E-state index contributed by atoms with van der Waals surface area (Å²) in [5.41, 5.74) is 0.921. The Bertz CT molecular complexity index is 489. The maximum Gasteiger partial charge on any atom is 0.227 e. The maximum atomic E-state index is 11.8. The van der Waals surface area contributed by atoms with Crippen LogP contribution >= 0.6 is 11.8 Å². The molecule has 0 atom stereocenters. The lowest BCUT2D eigenvalue weighted by Gasteiger charge is -2.28. The topological polar surface area (TPSA) is 45.7 Å². The highest BCUT2D eigenvalue weighted by Gasteiger charge is 2.21. The van der Waals surface area contributed by atoms with E-state index in [-0.39, 0.29) is 5.91 Å². The minimum absolute atomic E-state index is 0.159. The van der Waals surface area contributed by atoms with Crippen LogP contribution in [-0.2, 0) is 9.53 Å². The van der Waals surface area contributed by atoms with E-state index in [1.165, 1.54) is 0 Å². The number of thioether (sulfide) groups is 1. The molecule has 0 unspecified atom stereocenters. The zero-order valence-electron chi connectivity index (χ0n) is 11.0. The fourth-order valence-electron chi connectivity index (χ4n) is 2.30. The lowest BCUT2D eigenvalue weighted by atomic mass is 10.3. The molecule has 0 saturated carbocycles. The van der Waals surface area contributed by atoms with Crippen molar-refractivity contribution in [2.45, 2.75) is 11.3 Å². The molecule has 0 spiro atoms. The number of anilines is 2. The quantitative estimate of drug-likeness (QED) is 0.777. The van der Waals surface area contributed by atoms with Crippen LogP contribution in [-0.4, -0.2) is 50.0 Å². The molecule has 5 nitrogen and oxygen atoms in total. The first-order valence-corrected chi connectivity index (χ1v) is 7.46. The van der Waals surface area contributed by atoms with Crippen LogP contribution in [0, 0.1) is 0 Å². The number of hydrogen-bond donors (Lipinski definition) is 0. The molecule has 1 fully saturated rings. The van der Waals surface area contributed by atoms with E-state index in [0.29, 0.717) is 6.42 Å². The Kier molecular flexibility index (Phi) is 3.61. The first-order valence-electron chi connectivity index (χ1n) is 6.48. The van der Waals surface area contributed by atoms with E-state index in [4.69, 9.17) is 4.74 Å². The zero-order chi connectivity index (χ0) is 13.2. The van der Waals surface area contributed by atoms with E-state index in [2.05, 4.69) is 16.0 Å². The van der Waals surface area contributed by atoms with Crippen LogP contribution in [0.4, 0.5) is 11.5 Å². The Morgan fingerprint density at radius 3 is 2.95 bits per heavy atom. The average Bonchev–Trinajstić information content (AvgIpc) is 2.60. The van der Waals surface area contributed by atoms with Crippen molar-refractivity contribution in [3.05, 3.63) is 12.3 Å². The molecule has 1 amide bonds. The summed E-state index contributed by atoms with van der Waals surface area (Å²) in [5, 5.41) is 0. The van der Waals surface area contributed by atoms with E-state index in [1.54, 1.807) is 16.7 Å². The summed E-state index contributed by atoms with van der Waals surface area (Å²) in [6, 6.07) is 2.10. The van der Waals surface area contributed by atoms with Crippen molar-refractivity contribution in [2.75, 3.05) is 48.9 Å². The highest BCUT2D eigenvalue weighted by molar-refractivity contribution is 7.99. The number of fused-ring (bicyclic) bond motifs is 1. The molecule has 2 aliphatic rings. The molecule has 0 bridgehead atoms. The molecule has 3 rings (SSSR count). The zero-order valence-corrected chi connectivity index (χ0v) is 11.8. The van der Waals surface area contributed by atoms with Crippen LogP contribution in [0.3, 0.4) is 0 Å². The minimum atomic E-state index is 0.159. The van der Waals surface area contributed by atoms with Gasteiger partial charge < -0.3 is 14.5 Å². The van der Waals surface area contributed by atoms with Crippen molar-refractivity contribution in [2.24, 2.45) is 0 Å². The van der Waals surface area contributed by atoms with Crippen LogP contribution in [0.5, 0.6) is 0 Å². The highest BCUT2D eigenvalue weighted by atomic mass is 32.2. The number of carbonyl (C=O) groups excluding carboxylic acids is 1. The predicted molar refractivity (Wildman–Crippen MR) is 76.0 cm³/mol. The van der Waals surface area contributed by atoms with Crippen molar-refractivity contribution in [3.8, 4) is 0 Å². The monoisotopic (exact) mass is 279 g/mol. The van der Waals surface area contributed by atoms with Gasteiger partial charge in [0.05, 0.1) is 25.1 Å². The second kappa shape index (κ2) is 5.38. The molecular formula is C13H17N3O2S. The number of morpholine rings is 1. The van der Waals surface area contributed by atoms with Crippen LogP contribution in [0.25, 0.3) is 0 Å². The largest absolute Gasteiger partial charge is 0.378 e. The second-order valence-corrected chi connectivity index (χ2v) is 5.80. The molecule has 6 heteroatoms. The van der Waals surface area contributed by atoms with Crippen molar-refractivity contribution in [1.29, 1.82) is 0 Å². The van der Waals surface area contributed by atoms with Gasteiger partial charge in [0.25, 0.3) is 0 Å². The summed E-state index contributed by atoms with van der Waals surface area (Å²) in [5.74, 6) is 1.98. The summed E-state index contributed by atoms with van der Waals surface area (Å²) in [6.45, 7) is 3.27. The first kappa shape index (κ1) is 12.7. The van der Waals surface area contributed by atoms with Crippen molar-refractivity contribution in [1.82, 2.24) is 4.98 Å². The fraction of sp³-hybridized carbons (Fsp3) is 0.538. The van der Waals surface area contributed by atoms with Gasteiger partial charge in [-0.25, -0.2) is 4.98 Å². The Hall–Kier alpha value is -1.27. The molecule has 102 valence electrons. The molecule has 1 saturated heterocycles. The van der Waals surface area contributed by atoms with E-state index in [9.17, 15) is 4.79 Å². The van der Waals surface area contributed by atoms with Gasteiger partial charge >= 0.3 is 0 Å². The first-order chi connectivity index (χ1) is 9.25. The van der Waals surface area contributed by atoms with Crippen LogP contribution in [0.1, 0.15) is 6.42 Å². The van der Waals surface area contributed by atoms with Crippen molar-refractivity contribution in [3.63, 3.8) is 0 Å². The normalized spacial score (nSPS) is 20.2. The van der Waals surface area contributed by atoms with Crippen LogP contribution < -0.4 is 9.80 Å². The van der Waals surface area contributed by atoms with E-state index >= 15 is 0 Å². The van der Waals surface area contributed by atoms with E-state index < -0.39 is 0 Å². The fourth-order valence-corrected chi connectivity index (χ4v) is 3.33. The van der Waals surface area contributed by atoms with Gasteiger partial charge in [-0.05, 0) is 6.07 Å². The van der Waals surface area contributed by atoms with E-state index in [1.807, 2.05) is 13.2 Å². The van der Waals surface area contributed by atoms with Crippen LogP contribution in [0.15, 0.2) is 17.2 Å². The van der Waals surface area contributed by atoms with E-state index in [0.717, 1.165) is 48.5 Å². The molecule has 1 aromatic heterocycles. The Balaban J connectivity index is 1.90. The average molecular weight is 279 g/mol. The molecule has 2 aliphatic heterocycles. The second-order valence-electron chi connectivity index (χ2n) is 4.66. The minimum Gasteiger partial charge on any atom is -0.378 e. The molecular weight excluding hydrogens is 262 g/mol. The van der Waals surface area contributed by atoms with Gasteiger partial charge in [0.2, 0.25) is 5.91 Å². The van der Waals surface area contributed by atoms with Crippen LogP contribution in [0.2, 0.25) is 0 Å². The molecule has 0 N–H and O–H groups in total. The van der Waals surface area contributed by atoms with Gasteiger partial charge in [0.15, 0.2) is 0 Å². The lowest BCUT2D eigenvalue weighted by molar-refractivity contribution is -0.117. The number of aromatic nitrogens is 1. The number of ether oxygens (including phenoxy) is 1. The number of pyridine rings is 1. The Labute approximate surface area is 116 Å². The number of amides is 1. The van der Waals surface area contributed by atoms with Gasteiger partial charge in [0, 0.05) is 37.2 Å². The molecule has 0 radical (unpaired) electrons. The predicted octanol–water partition coefficient (Wildman–Crippen LogP) is 1.38. The summed E-state index contributed by atoms with van der Waals surface area (Å²) in [6.07, 6.45) is 2.40. The van der Waals surface area contributed by atoms with Gasteiger partial charge in [-0.15, -0.1) is 11.8 Å². The summed E-state index contributed by atoms with van der Waals surface area (Å²) in [4.78, 5) is 21.4. The number of rotatable bonds is 1. The number of nitrogens with zero attached hydrogens (tertiary/aromatic N) is 3. The maximum absolute atomic E-state index is 11.8. The standard InChI is InChI=1S/C13H17N3O2S/c1-15-10-9-14-12(16-3-5-18-6-4-16)8-11(10)19-7-2-13(15)17/h8-9H,2-7H2,1H3. The summed E-state index contributed by atoms with van der Waals surface area (Å²) < 4.78 is 5.36. The van der Waals surface area contributed by atoms with Gasteiger partial charge in [0.1, 0.15) is 5.82 Å². The molecule has 19 heavy (non-hydrogen) atoms. The summed E-state index contributed by atoms with van der Waals surface area (Å²) >= 11 is 1.73. The molecule has 1 aromatic rings. The Morgan fingerprint density at radius 1 is 1.37 bits per heavy atom.